The summed E-state index contributed by atoms with van der Waals surface area (Å²) in [6, 6.07) is 7.13. The molecule has 0 saturated carbocycles. The second kappa shape index (κ2) is 5.21. The number of anilines is 1. The van der Waals surface area contributed by atoms with Crippen molar-refractivity contribution in [2.45, 2.75) is 32.2 Å². The van der Waals surface area contributed by atoms with Gasteiger partial charge >= 0.3 is 0 Å². The van der Waals surface area contributed by atoms with Crippen molar-refractivity contribution in [1.29, 1.82) is 0 Å². The van der Waals surface area contributed by atoms with Gasteiger partial charge in [-0.2, -0.15) is 0 Å². The summed E-state index contributed by atoms with van der Waals surface area (Å²) in [5, 5.41) is 3.38. The molecular formula is C14H17ClN2O2. The van der Waals surface area contributed by atoms with E-state index in [-0.39, 0.29) is 11.8 Å². The molecule has 1 aliphatic rings. The van der Waals surface area contributed by atoms with Crippen molar-refractivity contribution in [3.63, 3.8) is 0 Å². The Bertz CT molecular complexity index is 518. The molecule has 4 nitrogen and oxygen atoms in total. The summed E-state index contributed by atoms with van der Waals surface area (Å²) < 4.78 is 0. The largest absolute Gasteiger partial charge is 0.342 e. The van der Waals surface area contributed by atoms with Gasteiger partial charge in [0.1, 0.15) is 5.54 Å². The van der Waals surface area contributed by atoms with Crippen LogP contribution in [0.5, 0.6) is 0 Å². The molecule has 1 atom stereocenters. The van der Waals surface area contributed by atoms with Crippen LogP contribution in [-0.4, -0.2) is 23.9 Å². The van der Waals surface area contributed by atoms with Gasteiger partial charge in [-0.3, -0.25) is 9.59 Å². The van der Waals surface area contributed by atoms with E-state index in [1.807, 2.05) is 13.0 Å². The highest BCUT2D eigenvalue weighted by molar-refractivity contribution is 6.31. The molecule has 1 N–H and O–H groups in total. The lowest BCUT2D eigenvalue weighted by Gasteiger charge is -2.31. The number of nitrogens with zero attached hydrogens (tertiary/aromatic N) is 1. The topological polar surface area (TPSA) is 49.4 Å². The van der Waals surface area contributed by atoms with Gasteiger partial charge in [-0.1, -0.05) is 24.6 Å². The van der Waals surface area contributed by atoms with E-state index in [0.29, 0.717) is 24.4 Å². The lowest BCUT2D eigenvalue weighted by molar-refractivity contribution is -0.129. The third kappa shape index (κ3) is 2.73. The second-order valence-electron chi connectivity index (χ2n) is 4.92. The molecule has 19 heavy (non-hydrogen) atoms. The van der Waals surface area contributed by atoms with Crippen LogP contribution in [0, 0.1) is 0 Å². The molecule has 0 spiro atoms. The van der Waals surface area contributed by atoms with E-state index in [0.717, 1.165) is 5.69 Å². The summed E-state index contributed by atoms with van der Waals surface area (Å²) in [5.74, 6) is -0.189. The summed E-state index contributed by atoms with van der Waals surface area (Å²) in [6.45, 7) is 4.02. The summed E-state index contributed by atoms with van der Waals surface area (Å²) >= 11 is 5.97. The van der Waals surface area contributed by atoms with Crippen LogP contribution in [0.25, 0.3) is 0 Å². The van der Waals surface area contributed by atoms with E-state index in [9.17, 15) is 9.59 Å². The lowest BCUT2D eigenvalue weighted by atomic mass is 9.97. The average molecular weight is 281 g/mol. The van der Waals surface area contributed by atoms with Crippen LogP contribution in [0.1, 0.15) is 26.7 Å². The Morgan fingerprint density at radius 1 is 1.42 bits per heavy atom. The predicted molar refractivity (Wildman–Crippen MR) is 75.3 cm³/mol. The summed E-state index contributed by atoms with van der Waals surface area (Å²) in [7, 11) is 0. The minimum atomic E-state index is -0.851. The first-order valence-electron chi connectivity index (χ1n) is 6.35. The fourth-order valence-electron chi connectivity index (χ4n) is 2.17. The molecule has 102 valence electrons. The van der Waals surface area contributed by atoms with E-state index < -0.39 is 5.54 Å². The maximum atomic E-state index is 12.6. The number of hydrogen-bond donors (Lipinski definition) is 1. The zero-order valence-electron chi connectivity index (χ0n) is 11.1. The molecule has 0 aliphatic carbocycles. The summed E-state index contributed by atoms with van der Waals surface area (Å²) in [5.41, 5.74) is -0.121. The van der Waals surface area contributed by atoms with E-state index in [1.54, 1.807) is 30.0 Å². The quantitative estimate of drug-likeness (QED) is 0.904. The van der Waals surface area contributed by atoms with Crippen LogP contribution in [0.3, 0.4) is 0 Å². The van der Waals surface area contributed by atoms with Gasteiger partial charge in [-0.15, -0.1) is 0 Å². The Kier molecular flexibility index (Phi) is 3.80. The Labute approximate surface area is 117 Å². The van der Waals surface area contributed by atoms with Crippen LogP contribution >= 0.6 is 11.6 Å². The van der Waals surface area contributed by atoms with Crippen LogP contribution in [0.2, 0.25) is 5.02 Å². The smallest absolute Gasteiger partial charge is 0.252 e. The molecule has 1 heterocycles. The van der Waals surface area contributed by atoms with E-state index in [4.69, 9.17) is 11.6 Å². The third-order valence-corrected chi connectivity index (χ3v) is 3.76. The average Bonchev–Trinajstić information content (AvgIpc) is 2.48. The molecule has 2 rings (SSSR count). The highest BCUT2D eigenvalue weighted by Crippen LogP contribution is 2.25. The Morgan fingerprint density at radius 2 is 2.16 bits per heavy atom. The molecule has 1 aromatic rings. The van der Waals surface area contributed by atoms with Crippen LogP contribution in [0.4, 0.5) is 5.69 Å². The maximum absolute atomic E-state index is 12.6. The number of halogens is 1. The first-order chi connectivity index (χ1) is 8.96. The first-order valence-corrected chi connectivity index (χ1v) is 6.72. The molecule has 0 bridgehead atoms. The van der Waals surface area contributed by atoms with Crippen LogP contribution < -0.4 is 10.2 Å². The Hall–Kier alpha value is -1.55. The zero-order valence-corrected chi connectivity index (χ0v) is 11.8. The monoisotopic (exact) mass is 280 g/mol. The molecule has 0 aromatic heterocycles. The standard InChI is InChI=1S/C14H17ClN2O2/c1-3-14(2)13(19)17(8-7-12(18)16-14)11-6-4-5-10(15)9-11/h4-6,9H,3,7-8H2,1-2H3,(H,16,18). The molecule has 1 aliphatic heterocycles. The number of nitrogens with one attached hydrogen (secondary N) is 1. The van der Waals surface area contributed by atoms with Gasteiger partial charge in [0, 0.05) is 23.7 Å². The minimum absolute atomic E-state index is 0.0943. The lowest BCUT2D eigenvalue weighted by Crippen LogP contribution is -2.54. The van der Waals surface area contributed by atoms with Crippen molar-refractivity contribution in [1.82, 2.24) is 5.32 Å². The number of rotatable bonds is 2. The van der Waals surface area contributed by atoms with Gasteiger partial charge in [0.05, 0.1) is 0 Å². The Morgan fingerprint density at radius 3 is 2.79 bits per heavy atom. The van der Waals surface area contributed by atoms with Crippen LogP contribution in [0.15, 0.2) is 24.3 Å². The highest BCUT2D eigenvalue weighted by Gasteiger charge is 2.39. The van der Waals surface area contributed by atoms with Gasteiger partial charge in [0.25, 0.3) is 5.91 Å². The normalized spacial score (nSPS) is 24.1. The molecule has 5 heteroatoms. The fraction of sp³-hybridized carbons (Fsp3) is 0.429. The molecule has 1 saturated heterocycles. The highest BCUT2D eigenvalue weighted by atomic mass is 35.5. The molecule has 0 radical (unpaired) electrons. The van der Waals surface area contributed by atoms with Crippen molar-refractivity contribution in [3.05, 3.63) is 29.3 Å². The van der Waals surface area contributed by atoms with E-state index in [2.05, 4.69) is 5.32 Å². The van der Waals surface area contributed by atoms with Crippen molar-refractivity contribution in [3.8, 4) is 0 Å². The van der Waals surface area contributed by atoms with Gasteiger partial charge in [-0.25, -0.2) is 0 Å². The van der Waals surface area contributed by atoms with Crippen LogP contribution in [-0.2, 0) is 9.59 Å². The first kappa shape index (κ1) is 13.9. The molecule has 1 fully saturated rings. The third-order valence-electron chi connectivity index (χ3n) is 3.52. The SMILES string of the molecule is CCC1(C)NC(=O)CCN(c2cccc(Cl)c2)C1=O. The molecular weight excluding hydrogens is 264 g/mol. The summed E-state index contributed by atoms with van der Waals surface area (Å²) in [6.07, 6.45) is 0.850. The van der Waals surface area contributed by atoms with E-state index in [1.165, 1.54) is 0 Å². The van der Waals surface area contributed by atoms with Crippen molar-refractivity contribution in [2.24, 2.45) is 0 Å². The number of amides is 2. The fourth-order valence-corrected chi connectivity index (χ4v) is 2.35. The number of benzene rings is 1. The molecule has 2 amide bonds. The maximum Gasteiger partial charge on any atom is 0.252 e. The number of carbonyl (C=O) groups excluding carboxylic acids is 2. The van der Waals surface area contributed by atoms with Crippen molar-refractivity contribution < 1.29 is 9.59 Å². The summed E-state index contributed by atoms with van der Waals surface area (Å²) in [4.78, 5) is 26.0. The van der Waals surface area contributed by atoms with Crippen molar-refractivity contribution >= 4 is 29.1 Å². The van der Waals surface area contributed by atoms with Gasteiger partial charge in [0.15, 0.2) is 0 Å². The second-order valence-corrected chi connectivity index (χ2v) is 5.36. The van der Waals surface area contributed by atoms with Gasteiger partial charge in [0.2, 0.25) is 5.91 Å². The van der Waals surface area contributed by atoms with E-state index >= 15 is 0 Å². The number of carbonyl (C=O) groups is 2. The van der Waals surface area contributed by atoms with Gasteiger partial charge in [-0.05, 0) is 31.5 Å². The minimum Gasteiger partial charge on any atom is -0.342 e. The molecule has 1 unspecified atom stereocenters. The Balaban J connectivity index is 2.39. The van der Waals surface area contributed by atoms with Crippen molar-refractivity contribution in [2.75, 3.05) is 11.4 Å². The predicted octanol–water partition coefficient (Wildman–Crippen LogP) is 2.36. The zero-order chi connectivity index (χ0) is 14.0. The van der Waals surface area contributed by atoms with Gasteiger partial charge < -0.3 is 10.2 Å². The molecule has 1 aromatic carbocycles. The number of hydrogen-bond acceptors (Lipinski definition) is 2.